The summed E-state index contributed by atoms with van der Waals surface area (Å²) >= 11 is 4.51. The minimum atomic E-state index is -0.127. The largest absolute Gasteiger partial charge is 0.301 e. The standard InChI is InChI=1S/C25H27N5OS3/c1-6-9-30-23(19-11-21(15(2)3)32-12-19)28-29-25(30)34-14-22(31)27-24-26-20(13-33-24)18-8-7-16(4)17(5)10-18/h6-8,10-13,15H,1,9,14H2,2-5H3,(H,26,27,31). The number of benzene rings is 1. The number of nitrogens with zero attached hydrogens (tertiary/aromatic N) is 4. The molecule has 1 N–H and O–H groups in total. The lowest BCUT2D eigenvalue weighted by molar-refractivity contribution is -0.113. The molecule has 0 aliphatic heterocycles. The van der Waals surface area contributed by atoms with Crippen molar-refractivity contribution in [3.8, 4) is 22.6 Å². The number of hydrogen-bond donors (Lipinski definition) is 1. The fourth-order valence-corrected chi connectivity index (χ4v) is 5.71. The molecule has 0 aliphatic rings. The zero-order valence-electron chi connectivity index (χ0n) is 19.7. The number of aryl methyl sites for hydroxylation is 2. The summed E-state index contributed by atoms with van der Waals surface area (Å²) in [4.78, 5) is 18.5. The molecule has 34 heavy (non-hydrogen) atoms. The van der Waals surface area contributed by atoms with Gasteiger partial charge in [-0.2, -0.15) is 0 Å². The number of aromatic nitrogens is 4. The van der Waals surface area contributed by atoms with Gasteiger partial charge in [0, 0.05) is 33.3 Å². The smallest absolute Gasteiger partial charge is 0.236 e. The molecule has 0 spiro atoms. The van der Waals surface area contributed by atoms with Gasteiger partial charge >= 0.3 is 0 Å². The average Bonchev–Trinajstić information content (AvgIpc) is 3.54. The topological polar surface area (TPSA) is 72.7 Å². The van der Waals surface area contributed by atoms with Crippen LogP contribution in [-0.2, 0) is 11.3 Å². The summed E-state index contributed by atoms with van der Waals surface area (Å²) in [5.41, 5.74) is 5.42. The normalized spacial score (nSPS) is 11.2. The highest BCUT2D eigenvalue weighted by Gasteiger charge is 2.17. The van der Waals surface area contributed by atoms with E-state index in [0.29, 0.717) is 22.8 Å². The minimum Gasteiger partial charge on any atom is -0.301 e. The molecule has 6 nitrogen and oxygen atoms in total. The highest BCUT2D eigenvalue weighted by atomic mass is 32.2. The molecular weight excluding hydrogens is 483 g/mol. The average molecular weight is 510 g/mol. The maximum atomic E-state index is 12.6. The van der Waals surface area contributed by atoms with E-state index >= 15 is 0 Å². The van der Waals surface area contributed by atoms with E-state index in [4.69, 9.17) is 0 Å². The Morgan fingerprint density at radius 3 is 2.68 bits per heavy atom. The Kier molecular flexibility index (Phi) is 7.65. The van der Waals surface area contributed by atoms with Crippen molar-refractivity contribution in [2.75, 3.05) is 11.1 Å². The van der Waals surface area contributed by atoms with Crippen LogP contribution < -0.4 is 5.32 Å². The van der Waals surface area contributed by atoms with Crippen LogP contribution in [0.5, 0.6) is 0 Å². The number of carbonyl (C=O) groups excluding carboxylic acids is 1. The molecule has 0 radical (unpaired) electrons. The fraction of sp³-hybridized carbons (Fsp3) is 0.280. The molecule has 4 aromatic rings. The van der Waals surface area contributed by atoms with Gasteiger partial charge in [-0.05, 0) is 43.0 Å². The number of amides is 1. The van der Waals surface area contributed by atoms with Crippen LogP contribution in [0, 0.1) is 13.8 Å². The molecule has 0 bridgehead atoms. The summed E-state index contributed by atoms with van der Waals surface area (Å²) in [7, 11) is 0. The summed E-state index contributed by atoms with van der Waals surface area (Å²) in [5, 5.41) is 17.0. The van der Waals surface area contributed by atoms with Crippen LogP contribution >= 0.6 is 34.4 Å². The van der Waals surface area contributed by atoms with Crippen molar-refractivity contribution < 1.29 is 4.79 Å². The maximum absolute atomic E-state index is 12.6. The molecule has 3 heterocycles. The lowest BCUT2D eigenvalue weighted by Crippen LogP contribution is -2.14. The van der Waals surface area contributed by atoms with E-state index in [1.165, 1.54) is 39.1 Å². The summed E-state index contributed by atoms with van der Waals surface area (Å²) in [6.07, 6.45) is 1.82. The van der Waals surface area contributed by atoms with E-state index < -0.39 is 0 Å². The molecule has 4 rings (SSSR count). The van der Waals surface area contributed by atoms with Gasteiger partial charge in [0.05, 0.1) is 11.4 Å². The molecule has 176 valence electrons. The van der Waals surface area contributed by atoms with E-state index in [2.05, 4.69) is 84.4 Å². The van der Waals surface area contributed by atoms with Gasteiger partial charge in [0.15, 0.2) is 16.1 Å². The second-order valence-corrected chi connectivity index (χ2v) is 11.0. The van der Waals surface area contributed by atoms with Gasteiger partial charge < -0.3 is 5.32 Å². The van der Waals surface area contributed by atoms with Gasteiger partial charge in [-0.15, -0.1) is 39.4 Å². The molecule has 3 aromatic heterocycles. The number of thioether (sulfide) groups is 1. The highest BCUT2D eigenvalue weighted by Crippen LogP contribution is 2.31. The first kappa shape index (κ1) is 24.4. The zero-order valence-corrected chi connectivity index (χ0v) is 22.1. The predicted molar refractivity (Wildman–Crippen MR) is 144 cm³/mol. The van der Waals surface area contributed by atoms with Gasteiger partial charge in [0.1, 0.15) is 0 Å². The SMILES string of the molecule is C=CCn1c(SCC(=O)Nc2nc(-c3ccc(C)c(C)c3)cs2)nnc1-c1csc(C(C)C)c1. The molecule has 1 aromatic carbocycles. The number of thiophene rings is 1. The Bertz CT molecular complexity index is 1320. The third-order valence-corrected chi connectivity index (χ3v) is 8.32. The van der Waals surface area contributed by atoms with E-state index in [0.717, 1.165) is 22.6 Å². The summed E-state index contributed by atoms with van der Waals surface area (Å²) < 4.78 is 2.00. The van der Waals surface area contributed by atoms with Crippen LogP contribution in [0.2, 0.25) is 0 Å². The van der Waals surface area contributed by atoms with Crippen LogP contribution in [0.1, 0.15) is 35.8 Å². The van der Waals surface area contributed by atoms with Crippen molar-refractivity contribution >= 4 is 45.5 Å². The molecule has 0 aliphatic carbocycles. The third kappa shape index (κ3) is 5.48. The van der Waals surface area contributed by atoms with Crippen molar-refractivity contribution in [2.24, 2.45) is 0 Å². The Morgan fingerprint density at radius 2 is 1.97 bits per heavy atom. The fourth-order valence-electron chi connectivity index (χ4n) is 3.33. The highest BCUT2D eigenvalue weighted by molar-refractivity contribution is 7.99. The van der Waals surface area contributed by atoms with E-state index in [1.807, 2.05) is 16.0 Å². The second kappa shape index (κ2) is 10.7. The number of hydrogen-bond acceptors (Lipinski definition) is 7. The van der Waals surface area contributed by atoms with E-state index in [1.54, 1.807) is 11.3 Å². The van der Waals surface area contributed by atoms with Crippen molar-refractivity contribution in [3.05, 3.63) is 63.7 Å². The van der Waals surface area contributed by atoms with Crippen LogP contribution in [0.15, 0.2) is 52.8 Å². The molecule has 0 unspecified atom stereocenters. The van der Waals surface area contributed by atoms with Crippen LogP contribution in [0.3, 0.4) is 0 Å². The maximum Gasteiger partial charge on any atom is 0.236 e. The lowest BCUT2D eigenvalue weighted by atomic mass is 10.1. The molecule has 0 fully saturated rings. The third-order valence-electron chi connectivity index (χ3n) is 5.36. The van der Waals surface area contributed by atoms with Gasteiger partial charge in [-0.1, -0.05) is 43.8 Å². The van der Waals surface area contributed by atoms with Gasteiger partial charge in [-0.3, -0.25) is 9.36 Å². The Labute approximate surface area is 212 Å². The van der Waals surface area contributed by atoms with Crippen LogP contribution in [0.4, 0.5) is 5.13 Å². The van der Waals surface area contributed by atoms with Crippen molar-refractivity contribution in [2.45, 2.75) is 45.3 Å². The zero-order chi connectivity index (χ0) is 24.2. The number of anilines is 1. The molecule has 0 atom stereocenters. The summed E-state index contributed by atoms with van der Waals surface area (Å²) in [6.45, 7) is 13.0. The van der Waals surface area contributed by atoms with E-state index in [-0.39, 0.29) is 11.7 Å². The predicted octanol–water partition coefficient (Wildman–Crippen LogP) is 6.79. The van der Waals surface area contributed by atoms with Crippen LogP contribution in [-0.4, -0.2) is 31.4 Å². The Morgan fingerprint density at radius 1 is 1.15 bits per heavy atom. The molecule has 0 saturated heterocycles. The number of thiazole rings is 1. The number of allylic oxidation sites excluding steroid dienone is 1. The van der Waals surface area contributed by atoms with Crippen molar-refractivity contribution in [1.82, 2.24) is 19.7 Å². The molecule has 0 saturated carbocycles. The van der Waals surface area contributed by atoms with Crippen molar-refractivity contribution in [3.63, 3.8) is 0 Å². The lowest BCUT2D eigenvalue weighted by Gasteiger charge is -2.07. The quantitative estimate of drug-likeness (QED) is 0.199. The first-order valence-corrected chi connectivity index (χ1v) is 13.7. The molecular formula is C25H27N5OS3. The Hall–Kier alpha value is -2.75. The first-order valence-electron chi connectivity index (χ1n) is 10.9. The summed E-state index contributed by atoms with van der Waals surface area (Å²) in [5.74, 6) is 1.35. The molecule has 9 heteroatoms. The van der Waals surface area contributed by atoms with Crippen LogP contribution in [0.25, 0.3) is 22.6 Å². The van der Waals surface area contributed by atoms with Crippen molar-refractivity contribution in [1.29, 1.82) is 0 Å². The van der Waals surface area contributed by atoms with Gasteiger partial charge in [0.25, 0.3) is 0 Å². The molecule has 1 amide bonds. The number of nitrogens with one attached hydrogen (secondary N) is 1. The number of carbonyl (C=O) groups is 1. The van der Waals surface area contributed by atoms with E-state index in [9.17, 15) is 4.79 Å². The number of rotatable bonds is 9. The monoisotopic (exact) mass is 509 g/mol. The van der Waals surface area contributed by atoms with Gasteiger partial charge in [0.2, 0.25) is 5.91 Å². The van der Waals surface area contributed by atoms with Gasteiger partial charge in [-0.25, -0.2) is 4.98 Å². The summed E-state index contributed by atoms with van der Waals surface area (Å²) in [6, 6.07) is 8.43. The second-order valence-electron chi connectivity index (χ2n) is 8.27. The Balaban J connectivity index is 1.42. The minimum absolute atomic E-state index is 0.127. The first-order chi connectivity index (χ1) is 16.4.